The highest BCUT2D eigenvalue weighted by Gasteiger charge is 2.11. The molecule has 0 aliphatic heterocycles. The molecule has 21 heavy (non-hydrogen) atoms. The summed E-state index contributed by atoms with van der Waals surface area (Å²) in [5.74, 6) is -0.258. The molecule has 0 bridgehead atoms. The Labute approximate surface area is 129 Å². The molecule has 5 nitrogen and oxygen atoms in total. The second-order valence-electron chi connectivity index (χ2n) is 4.26. The Balaban J connectivity index is 2.15. The fourth-order valence-electron chi connectivity index (χ4n) is 2.04. The molecule has 2 heterocycles. The van der Waals surface area contributed by atoms with Crippen LogP contribution in [0, 0.1) is 0 Å². The van der Waals surface area contributed by atoms with Gasteiger partial charge in [0.1, 0.15) is 0 Å². The van der Waals surface area contributed by atoms with Gasteiger partial charge in [-0.3, -0.25) is 4.79 Å². The van der Waals surface area contributed by atoms with E-state index in [2.05, 4.69) is 28.3 Å². The van der Waals surface area contributed by atoms with Crippen molar-refractivity contribution in [2.75, 3.05) is 6.26 Å². The maximum Gasteiger partial charge on any atom is 0.318 e. The smallest absolute Gasteiger partial charge is 0.318 e. The SMILES string of the molecule is CCn1c(=NC(=O)c2ccno2)sc2cc(SC)ccc21. The van der Waals surface area contributed by atoms with Gasteiger partial charge in [0.2, 0.25) is 5.76 Å². The third-order valence-electron chi connectivity index (χ3n) is 3.05. The lowest BCUT2D eigenvalue weighted by molar-refractivity contribution is 0.0962. The van der Waals surface area contributed by atoms with Crippen LogP contribution in [0.2, 0.25) is 0 Å². The molecule has 1 aromatic carbocycles. The van der Waals surface area contributed by atoms with E-state index in [-0.39, 0.29) is 5.76 Å². The number of hydrogen-bond donors (Lipinski definition) is 0. The standard InChI is InChI=1S/C14H13N3O2S2/c1-3-17-10-5-4-9(20-2)8-12(10)21-14(17)16-13(18)11-6-7-15-19-11/h4-8H,3H2,1-2H3. The van der Waals surface area contributed by atoms with Gasteiger partial charge >= 0.3 is 5.91 Å². The Morgan fingerprint density at radius 1 is 1.48 bits per heavy atom. The highest BCUT2D eigenvalue weighted by Crippen LogP contribution is 2.24. The van der Waals surface area contributed by atoms with Crippen LogP contribution in [0.4, 0.5) is 0 Å². The number of aryl methyl sites for hydroxylation is 1. The number of nitrogens with zero attached hydrogens (tertiary/aromatic N) is 3. The molecule has 3 rings (SSSR count). The van der Waals surface area contributed by atoms with E-state index >= 15 is 0 Å². The van der Waals surface area contributed by atoms with Crippen LogP contribution >= 0.6 is 23.1 Å². The summed E-state index contributed by atoms with van der Waals surface area (Å²) in [6.45, 7) is 2.79. The molecular formula is C14H13N3O2S2. The Hall–Kier alpha value is -1.86. The topological polar surface area (TPSA) is 60.4 Å². The van der Waals surface area contributed by atoms with Gasteiger partial charge < -0.3 is 9.09 Å². The molecule has 0 radical (unpaired) electrons. The number of aromatic nitrogens is 2. The van der Waals surface area contributed by atoms with Crippen LogP contribution in [0.25, 0.3) is 10.2 Å². The molecule has 0 unspecified atom stereocenters. The molecule has 0 spiro atoms. The molecule has 0 atom stereocenters. The number of fused-ring (bicyclic) bond motifs is 1. The van der Waals surface area contributed by atoms with Crippen LogP contribution in [-0.2, 0) is 6.54 Å². The molecular weight excluding hydrogens is 306 g/mol. The predicted molar refractivity (Wildman–Crippen MR) is 83.7 cm³/mol. The van der Waals surface area contributed by atoms with E-state index in [9.17, 15) is 4.79 Å². The molecule has 3 aromatic rings. The molecule has 2 aromatic heterocycles. The second-order valence-corrected chi connectivity index (χ2v) is 6.14. The Kier molecular flexibility index (Phi) is 3.94. The summed E-state index contributed by atoms with van der Waals surface area (Å²) in [6, 6.07) is 7.78. The summed E-state index contributed by atoms with van der Waals surface area (Å²) in [6.07, 6.45) is 3.48. The summed E-state index contributed by atoms with van der Waals surface area (Å²) in [4.78, 5) is 18.1. The first-order valence-corrected chi connectivity index (χ1v) is 8.44. The van der Waals surface area contributed by atoms with Gasteiger partial charge in [0.15, 0.2) is 4.80 Å². The zero-order valence-corrected chi connectivity index (χ0v) is 13.2. The summed E-state index contributed by atoms with van der Waals surface area (Å²) in [5.41, 5.74) is 1.09. The van der Waals surface area contributed by atoms with E-state index in [1.165, 1.54) is 28.5 Å². The maximum absolute atomic E-state index is 12.0. The maximum atomic E-state index is 12.0. The fraction of sp³-hybridized carbons (Fsp3) is 0.214. The predicted octanol–water partition coefficient (Wildman–Crippen LogP) is 3.17. The molecule has 0 aliphatic carbocycles. The van der Waals surface area contributed by atoms with E-state index in [1.807, 2.05) is 17.7 Å². The highest BCUT2D eigenvalue weighted by atomic mass is 32.2. The van der Waals surface area contributed by atoms with Crippen LogP contribution in [0.1, 0.15) is 17.5 Å². The number of carbonyl (C=O) groups excluding carboxylic acids is 1. The lowest BCUT2D eigenvalue weighted by Gasteiger charge is -2.00. The van der Waals surface area contributed by atoms with E-state index in [4.69, 9.17) is 4.52 Å². The third kappa shape index (κ3) is 2.66. The Morgan fingerprint density at radius 2 is 2.33 bits per heavy atom. The Bertz CT molecular complexity index is 847. The minimum atomic E-state index is -0.411. The quantitative estimate of drug-likeness (QED) is 0.696. The highest BCUT2D eigenvalue weighted by molar-refractivity contribution is 7.98. The van der Waals surface area contributed by atoms with Crippen molar-refractivity contribution < 1.29 is 9.32 Å². The fourth-order valence-corrected chi connectivity index (χ4v) is 3.69. The number of thioether (sulfide) groups is 1. The number of thiazole rings is 1. The third-order valence-corrected chi connectivity index (χ3v) is 4.82. The molecule has 0 saturated heterocycles. The lowest BCUT2D eigenvalue weighted by Crippen LogP contribution is -2.15. The average Bonchev–Trinajstić information content (AvgIpc) is 3.13. The van der Waals surface area contributed by atoms with Gasteiger partial charge in [-0.05, 0) is 31.4 Å². The van der Waals surface area contributed by atoms with Gasteiger partial charge in [0.05, 0.1) is 16.4 Å². The van der Waals surface area contributed by atoms with E-state index in [0.29, 0.717) is 4.80 Å². The molecule has 0 N–H and O–H groups in total. The van der Waals surface area contributed by atoms with Crippen LogP contribution in [-0.4, -0.2) is 21.9 Å². The normalized spacial score (nSPS) is 12.2. The molecule has 0 aliphatic rings. The van der Waals surface area contributed by atoms with E-state index in [0.717, 1.165) is 16.8 Å². The number of amides is 1. The minimum Gasteiger partial charge on any atom is -0.351 e. The van der Waals surface area contributed by atoms with Gasteiger partial charge in [-0.15, -0.1) is 11.8 Å². The van der Waals surface area contributed by atoms with Crippen molar-refractivity contribution >= 4 is 39.2 Å². The molecule has 108 valence electrons. The summed E-state index contributed by atoms with van der Waals surface area (Å²) in [5, 5.41) is 3.53. The first-order chi connectivity index (χ1) is 10.2. The van der Waals surface area contributed by atoms with Gasteiger partial charge in [-0.1, -0.05) is 16.5 Å². The molecule has 0 fully saturated rings. The molecule has 1 amide bonds. The molecule has 0 saturated carbocycles. The van der Waals surface area contributed by atoms with Crippen molar-refractivity contribution in [2.45, 2.75) is 18.4 Å². The summed E-state index contributed by atoms with van der Waals surface area (Å²) in [7, 11) is 0. The lowest BCUT2D eigenvalue weighted by atomic mass is 10.3. The summed E-state index contributed by atoms with van der Waals surface area (Å²) >= 11 is 3.20. The largest absolute Gasteiger partial charge is 0.351 e. The number of hydrogen-bond acceptors (Lipinski definition) is 5. The van der Waals surface area contributed by atoms with Crippen LogP contribution in [0.5, 0.6) is 0 Å². The van der Waals surface area contributed by atoms with Gasteiger partial charge in [-0.25, -0.2) is 0 Å². The average molecular weight is 319 g/mol. The van der Waals surface area contributed by atoms with Crippen LogP contribution in [0.15, 0.2) is 44.9 Å². The number of rotatable bonds is 3. The van der Waals surface area contributed by atoms with Gasteiger partial charge in [0, 0.05) is 17.5 Å². The van der Waals surface area contributed by atoms with Crippen molar-refractivity contribution in [3.8, 4) is 0 Å². The van der Waals surface area contributed by atoms with Gasteiger partial charge in [0.25, 0.3) is 0 Å². The monoisotopic (exact) mass is 319 g/mol. The van der Waals surface area contributed by atoms with Crippen LogP contribution < -0.4 is 4.80 Å². The van der Waals surface area contributed by atoms with Crippen molar-refractivity contribution in [1.29, 1.82) is 0 Å². The zero-order chi connectivity index (χ0) is 14.8. The number of carbonyl (C=O) groups is 1. The minimum absolute atomic E-state index is 0.153. The zero-order valence-electron chi connectivity index (χ0n) is 11.6. The first-order valence-electron chi connectivity index (χ1n) is 6.40. The van der Waals surface area contributed by atoms with Crippen molar-refractivity contribution in [1.82, 2.24) is 9.72 Å². The van der Waals surface area contributed by atoms with Gasteiger partial charge in [-0.2, -0.15) is 4.99 Å². The number of benzene rings is 1. The Morgan fingerprint density at radius 3 is 3.00 bits per heavy atom. The van der Waals surface area contributed by atoms with Crippen molar-refractivity contribution in [3.63, 3.8) is 0 Å². The van der Waals surface area contributed by atoms with Crippen molar-refractivity contribution in [2.24, 2.45) is 4.99 Å². The van der Waals surface area contributed by atoms with Crippen molar-refractivity contribution in [3.05, 3.63) is 41.0 Å². The first kappa shape index (κ1) is 14.1. The van der Waals surface area contributed by atoms with E-state index < -0.39 is 5.91 Å². The summed E-state index contributed by atoms with van der Waals surface area (Å²) < 4.78 is 7.99. The van der Waals surface area contributed by atoms with E-state index in [1.54, 1.807) is 11.8 Å². The molecule has 7 heteroatoms. The second kappa shape index (κ2) is 5.87. The van der Waals surface area contributed by atoms with Crippen LogP contribution in [0.3, 0.4) is 0 Å².